The molecule has 1 amide bonds. The number of ether oxygens (including phenoxy) is 2. The summed E-state index contributed by atoms with van der Waals surface area (Å²) in [5.41, 5.74) is 0.880. The fourth-order valence-electron chi connectivity index (χ4n) is 2.87. The number of halogens is 3. The second kappa shape index (κ2) is 6.99. The molecule has 2 heterocycles. The molecule has 0 saturated carbocycles. The maximum absolute atomic E-state index is 12.8. The van der Waals surface area contributed by atoms with Crippen molar-refractivity contribution in [3.8, 4) is 5.75 Å². The predicted molar refractivity (Wildman–Crippen MR) is 86.9 cm³/mol. The van der Waals surface area contributed by atoms with Gasteiger partial charge in [-0.25, -0.2) is 4.79 Å². The summed E-state index contributed by atoms with van der Waals surface area (Å²) >= 11 is 1.50. The zero-order valence-electron chi connectivity index (χ0n) is 13.6. The number of hydrogen-bond donors (Lipinski definition) is 0. The number of nitrogens with zero attached hydrogens (tertiary/aromatic N) is 1. The van der Waals surface area contributed by atoms with Crippen LogP contribution >= 0.6 is 11.3 Å². The van der Waals surface area contributed by atoms with Crippen LogP contribution in [0.25, 0.3) is 0 Å². The molecule has 1 unspecified atom stereocenters. The van der Waals surface area contributed by atoms with Crippen LogP contribution < -0.4 is 4.74 Å². The summed E-state index contributed by atoms with van der Waals surface area (Å²) in [6, 6.07) is 5.51. The Morgan fingerprint density at radius 1 is 1.19 bits per heavy atom. The number of rotatable bonds is 3. The molecule has 9 heteroatoms. The average Bonchev–Trinajstić information content (AvgIpc) is 3.07. The molecule has 138 valence electrons. The maximum atomic E-state index is 12.8. The largest absolute Gasteiger partial charge is 0.573 e. The van der Waals surface area contributed by atoms with Crippen molar-refractivity contribution in [2.45, 2.75) is 18.8 Å². The van der Waals surface area contributed by atoms with Crippen molar-refractivity contribution in [1.29, 1.82) is 0 Å². The third-order valence-electron chi connectivity index (χ3n) is 3.99. The highest BCUT2D eigenvalue weighted by Crippen LogP contribution is 2.35. The highest BCUT2D eigenvalue weighted by atomic mass is 32.1. The molecule has 26 heavy (non-hydrogen) atoms. The summed E-state index contributed by atoms with van der Waals surface area (Å²) in [5.74, 6) is -1.44. The zero-order valence-corrected chi connectivity index (χ0v) is 14.4. The minimum absolute atomic E-state index is 0.159. The van der Waals surface area contributed by atoms with Gasteiger partial charge in [0.25, 0.3) is 5.91 Å². The lowest BCUT2D eigenvalue weighted by Crippen LogP contribution is -2.43. The van der Waals surface area contributed by atoms with E-state index in [4.69, 9.17) is 4.74 Å². The van der Waals surface area contributed by atoms with Crippen LogP contribution in [-0.2, 0) is 16.0 Å². The number of thiophene rings is 1. The molecule has 0 N–H and O–H groups in total. The molecule has 1 atom stereocenters. The molecule has 0 saturated heterocycles. The van der Waals surface area contributed by atoms with E-state index in [0.29, 0.717) is 13.0 Å². The molecule has 0 aliphatic carbocycles. The molecular formula is C17H14F3NO4S. The number of hydrogen-bond acceptors (Lipinski definition) is 5. The Kier molecular flexibility index (Phi) is 4.90. The molecular weight excluding hydrogens is 371 g/mol. The van der Waals surface area contributed by atoms with Crippen LogP contribution in [0.1, 0.15) is 26.8 Å². The number of carbonyl (C=O) groups is 2. The summed E-state index contributed by atoms with van der Waals surface area (Å²) in [6.45, 7) is 0.312. The van der Waals surface area contributed by atoms with E-state index < -0.39 is 30.0 Å². The van der Waals surface area contributed by atoms with Crippen molar-refractivity contribution in [3.63, 3.8) is 0 Å². The number of fused-ring (bicyclic) bond motifs is 1. The number of benzene rings is 1. The van der Waals surface area contributed by atoms with E-state index in [1.54, 1.807) is 6.07 Å². The highest BCUT2D eigenvalue weighted by molar-refractivity contribution is 7.10. The Balaban J connectivity index is 1.85. The monoisotopic (exact) mass is 385 g/mol. The van der Waals surface area contributed by atoms with Crippen molar-refractivity contribution in [3.05, 3.63) is 51.7 Å². The fraction of sp³-hybridized carbons (Fsp3) is 0.294. The van der Waals surface area contributed by atoms with Crippen molar-refractivity contribution < 1.29 is 32.2 Å². The first-order valence-electron chi connectivity index (χ1n) is 7.61. The summed E-state index contributed by atoms with van der Waals surface area (Å²) in [7, 11) is 1.24. The van der Waals surface area contributed by atoms with Crippen LogP contribution in [0.2, 0.25) is 0 Å². The average molecular weight is 385 g/mol. The Labute approximate surface area is 150 Å². The second-order valence-electron chi connectivity index (χ2n) is 5.55. The first-order valence-corrected chi connectivity index (χ1v) is 8.49. The smallest absolute Gasteiger partial charge is 0.467 e. The van der Waals surface area contributed by atoms with E-state index >= 15 is 0 Å². The predicted octanol–water partition coefficient (Wildman–Crippen LogP) is 3.56. The van der Waals surface area contributed by atoms with Gasteiger partial charge >= 0.3 is 12.3 Å². The normalized spacial score (nSPS) is 16.8. The summed E-state index contributed by atoms with van der Waals surface area (Å²) in [5, 5.41) is 1.85. The number of carbonyl (C=O) groups excluding carboxylic acids is 2. The molecule has 3 rings (SSSR count). The lowest BCUT2D eigenvalue weighted by Gasteiger charge is -2.34. The SMILES string of the molecule is COC(=O)C1c2ccsc2CCN1C(=O)c1ccc(OC(F)(F)F)cc1. The quantitative estimate of drug-likeness (QED) is 0.759. The lowest BCUT2D eigenvalue weighted by molar-refractivity contribution is -0.274. The molecule has 1 aliphatic rings. The number of alkyl halides is 3. The van der Waals surface area contributed by atoms with Gasteiger partial charge < -0.3 is 14.4 Å². The van der Waals surface area contributed by atoms with Gasteiger partial charge in [-0.1, -0.05) is 0 Å². The van der Waals surface area contributed by atoms with E-state index in [1.807, 2.05) is 5.38 Å². The molecule has 1 aromatic heterocycles. The van der Waals surface area contributed by atoms with Crippen LogP contribution in [0.15, 0.2) is 35.7 Å². The van der Waals surface area contributed by atoms with E-state index in [2.05, 4.69) is 4.74 Å². The molecule has 1 aromatic carbocycles. The maximum Gasteiger partial charge on any atom is 0.573 e. The zero-order chi connectivity index (χ0) is 18.9. The molecule has 1 aliphatic heterocycles. The number of methoxy groups -OCH3 is 1. The van der Waals surface area contributed by atoms with Gasteiger partial charge in [0, 0.05) is 17.0 Å². The minimum atomic E-state index is -4.80. The van der Waals surface area contributed by atoms with Crippen LogP contribution in [0.3, 0.4) is 0 Å². The first kappa shape index (κ1) is 18.2. The van der Waals surface area contributed by atoms with Gasteiger partial charge in [0.1, 0.15) is 5.75 Å². The van der Waals surface area contributed by atoms with E-state index in [9.17, 15) is 22.8 Å². The Bertz CT molecular complexity index is 816. The van der Waals surface area contributed by atoms with Gasteiger partial charge in [-0.05, 0) is 47.7 Å². The first-order chi connectivity index (χ1) is 12.3. The summed E-state index contributed by atoms with van der Waals surface area (Å²) in [4.78, 5) is 27.4. The van der Waals surface area contributed by atoms with Crippen molar-refractivity contribution in [1.82, 2.24) is 4.90 Å². The standard InChI is InChI=1S/C17H14F3NO4S/c1-24-16(23)14-12-7-9-26-13(12)6-8-21(14)15(22)10-2-4-11(5-3-10)25-17(18,19)20/h2-5,7,9,14H,6,8H2,1H3. The molecule has 0 bridgehead atoms. The number of esters is 1. The molecule has 0 fully saturated rings. The Morgan fingerprint density at radius 2 is 1.88 bits per heavy atom. The van der Waals surface area contributed by atoms with Crippen LogP contribution in [-0.4, -0.2) is 36.8 Å². The third kappa shape index (κ3) is 3.67. The highest BCUT2D eigenvalue weighted by Gasteiger charge is 2.38. The topological polar surface area (TPSA) is 55.8 Å². The Morgan fingerprint density at radius 3 is 2.50 bits per heavy atom. The van der Waals surface area contributed by atoms with Gasteiger partial charge in [0.2, 0.25) is 0 Å². The summed E-state index contributed by atoms with van der Waals surface area (Å²) < 4.78 is 45.3. The van der Waals surface area contributed by atoms with Gasteiger partial charge in [-0.2, -0.15) is 0 Å². The molecule has 0 radical (unpaired) electrons. The van der Waals surface area contributed by atoms with Crippen molar-refractivity contribution in [2.75, 3.05) is 13.7 Å². The van der Waals surface area contributed by atoms with Gasteiger partial charge in [0.05, 0.1) is 7.11 Å². The third-order valence-corrected chi connectivity index (χ3v) is 4.98. The van der Waals surface area contributed by atoms with Crippen LogP contribution in [0.4, 0.5) is 13.2 Å². The minimum Gasteiger partial charge on any atom is -0.467 e. The van der Waals surface area contributed by atoms with Gasteiger partial charge in [0.15, 0.2) is 6.04 Å². The molecule has 5 nitrogen and oxygen atoms in total. The summed E-state index contributed by atoms with van der Waals surface area (Å²) in [6.07, 6.45) is -4.20. The van der Waals surface area contributed by atoms with E-state index in [1.165, 1.54) is 35.5 Å². The van der Waals surface area contributed by atoms with Crippen molar-refractivity contribution in [2.24, 2.45) is 0 Å². The number of amides is 1. The van der Waals surface area contributed by atoms with Crippen LogP contribution in [0.5, 0.6) is 5.75 Å². The van der Waals surface area contributed by atoms with Gasteiger partial charge in [-0.3, -0.25) is 4.79 Å². The van der Waals surface area contributed by atoms with E-state index in [-0.39, 0.29) is 5.56 Å². The second-order valence-corrected chi connectivity index (χ2v) is 6.55. The lowest BCUT2D eigenvalue weighted by atomic mass is 9.98. The fourth-order valence-corrected chi connectivity index (χ4v) is 3.77. The van der Waals surface area contributed by atoms with Crippen molar-refractivity contribution >= 4 is 23.2 Å². The molecule has 0 spiro atoms. The Hall–Kier alpha value is -2.55. The van der Waals surface area contributed by atoms with Gasteiger partial charge in [-0.15, -0.1) is 24.5 Å². The van der Waals surface area contributed by atoms with Crippen LogP contribution in [0, 0.1) is 0 Å². The van der Waals surface area contributed by atoms with E-state index in [0.717, 1.165) is 22.6 Å². The molecule has 2 aromatic rings.